The van der Waals surface area contributed by atoms with Gasteiger partial charge in [-0.1, -0.05) is 6.92 Å². The Hall–Kier alpha value is -0.750. The van der Waals surface area contributed by atoms with Crippen molar-refractivity contribution < 1.29 is 0 Å². The molecule has 0 aromatic rings. The van der Waals surface area contributed by atoms with Gasteiger partial charge in [0.25, 0.3) is 0 Å². The molecule has 68 valence electrons. The maximum Gasteiger partial charge on any atom is 0.179 e. The van der Waals surface area contributed by atoms with E-state index in [1.807, 2.05) is 4.90 Å². The summed E-state index contributed by atoms with van der Waals surface area (Å²) >= 11 is 0. The first kappa shape index (κ1) is 9.34. The zero-order chi connectivity index (χ0) is 9.19. The molecule has 1 aliphatic rings. The molecule has 12 heavy (non-hydrogen) atoms. The predicted octanol–water partition coefficient (Wildman–Crippen LogP) is 0.741. The minimum atomic E-state index is 0.389. The number of nitriles is 1. The van der Waals surface area contributed by atoms with Gasteiger partial charge in [0.15, 0.2) is 6.19 Å². The quantitative estimate of drug-likeness (QED) is 0.581. The first-order valence-electron chi connectivity index (χ1n) is 4.35. The van der Waals surface area contributed by atoms with E-state index in [1.165, 1.54) is 6.42 Å². The molecule has 1 fully saturated rings. The summed E-state index contributed by atoms with van der Waals surface area (Å²) in [6, 6.07) is 0. The number of hydrogen-bond acceptors (Lipinski definition) is 3. The highest BCUT2D eigenvalue weighted by molar-refractivity contribution is 4.97. The van der Waals surface area contributed by atoms with Crippen LogP contribution in [0.3, 0.4) is 0 Å². The van der Waals surface area contributed by atoms with E-state index < -0.39 is 0 Å². The van der Waals surface area contributed by atoms with E-state index in [0.29, 0.717) is 5.41 Å². The average molecular weight is 167 g/mol. The topological polar surface area (TPSA) is 30.3 Å². The van der Waals surface area contributed by atoms with E-state index in [-0.39, 0.29) is 0 Å². The summed E-state index contributed by atoms with van der Waals surface area (Å²) < 4.78 is 0. The molecule has 0 atom stereocenters. The van der Waals surface area contributed by atoms with Gasteiger partial charge < -0.3 is 9.80 Å². The van der Waals surface area contributed by atoms with Crippen LogP contribution in [0.15, 0.2) is 0 Å². The van der Waals surface area contributed by atoms with Crippen molar-refractivity contribution in [3.8, 4) is 6.19 Å². The van der Waals surface area contributed by atoms with Gasteiger partial charge in [0, 0.05) is 18.5 Å². The van der Waals surface area contributed by atoms with Gasteiger partial charge in [-0.25, -0.2) is 0 Å². The Morgan fingerprint density at radius 2 is 2.08 bits per heavy atom. The van der Waals surface area contributed by atoms with E-state index in [1.54, 1.807) is 0 Å². The van der Waals surface area contributed by atoms with Crippen LogP contribution >= 0.6 is 0 Å². The number of nitrogens with zero attached hydrogens (tertiary/aromatic N) is 3. The normalized spacial score (nSPS) is 20.4. The lowest BCUT2D eigenvalue weighted by molar-refractivity contribution is 0.0505. The summed E-state index contributed by atoms with van der Waals surface area (Å²) in [5.41, 5.74) is 0.389. The summed E-state index contributed by atoms with van der Waals surface area (Å²) in [7, 11) is 4.17. The summed E-state index contributed by atoms with van der Waals surface area (Å²) in [4.78, 5) is 4.01. The molecule has 0 bridgehead atoms. The highest BCUT2D eigenvalue weighted by Crippen LogP contribution is 2.32. The SMILES string of the molecule is CN(C)CCC1(C)CN(C#N)C1. The van der Waals surface area contributed by atoms with Crippen LogP contribution < -0.4 is 0 Å². The highest BCUT2D eigenvalue weighted by Gasteiger charge is 2.37. The summed E-state index contributed by atoms with van der Waals surface area (Å²) in [6.07, 6.45) is 3.36. The number of hydrogen-bond donors (Lipinski definition) is 0. The molecule has 1 saturated heterocycles. The maximum absolute atomic E-state index is 8.56. The largest absolute Gasteiger partial charge is 0.309 e. The fourth-order valence-electron chi connectivity index (χ4n) is 1.60. The maximum atomic E-state index is 8.56. The van der Waals surface area contributed by atoms with Crippen molar-refractivity contribution in [1.82, 2.24) is 9.80 Å². The molecule has 0 spiro atoms. The molecule has 1 heterocycles. The van der Waals surface area contributed by atoms with E-state index in [2.05, 4.69) is 32.1 Å². The molecule has 3 heteroatoms. The van der Waals surface area contributed by atoms with Crippen LogP contribution in [0.2, 0.25) is 0 Å². The Balaban J connectivity index is 2.22. The third-order valence-corrected chi connectivity index (χ3v) is 2.45. The Morgan fingerprint density at radius 3 is 2.50 bits per heavy atom. The van der Waals surface area contributed by atoms with E-state index in [9.17, 15) is 0 Å². The summed E-state index contributed by atoms with van der Waals surface area (Å²) in [6.45, 7) is 5.26. The second-order valence-electron chi connectivity index (χ2n) is 4.32. The molecule has 0 radical (unpaired) electrons. The predicted molar refractivity (Wildman–Crippen MR) is 48.5 cm³/mol. The van der Waals surface area contributed by atoms with Crippen molar-refractivity contribution in [3.05, 3.63) is 0 Å². The van der Waals surface area contributed by atoms with Gasteiger partial charge in [-0.05, 0) is 27.1 Å². The molecule has 0 aromatic heterocycles. The Labute approximate surface area is 74.6 Å². The zero-order valence-corrected chi connectivity index (χ0v) is 8.17. The van der Waals surface area contributed by atoms with Crippen LogP contribution in [-0.4, -0.2) is 43.5 Å². The smallest absolute Gasteiger partial charge is 0.179 e. The summed E-state index contributed by atoms with van der Waals surface area (Å²) in [5, 5.41) is 8.56. The van der Waals surface area contributed by atoms with Crippen molar-refractivity contribution >= 4 is 0 Å². The molecule has 1 rings (SSSR count). The van der Waals surface area contributed by atoms with Crippen molar-refractivity contribution in [1.29, 1.82) is 5.26 Å². The minimum absolute atomic E-state index is 0.389. The minimum Gasteiger partial charge on any atom is -0.309 e. The fourth-order valence-corrected chi connectivity index (χ4v) is 1.60. The lowest BCUT2D eigenvalue weighted by atomic mass is 9.79. The molecular formula is C9H17N3. The van der Waals surface area contributed by atoms with Crippen molar-refractivity contribution in [2.45, 2.75) is 13.3 Å². The molecule has 0 N–H and O–H groups in total. The average Bonchev–Trinajstić information content (AvgIpc) is 1.95. The first-order chi connectivity index (χ1) is 5.56. The molecule has 0 aromatic carbocycles. The monoisotopic (exact) mass is 167 g/mol. The fraction of sp³-hybridized carbons (Fsp3) is 0.889. The molecule has 0 saturated carbocycles. The standard InChI is InChI=1S/C9H17N3/c1-9(4-5-11(2)3)6-12(7-9)8-10/h4-7H2,1-3H3. The summed E-state index contributed by atoms with van der Waals surface area (Å²) in [5.74, 6) is 0. The lowest BCUT2D eigenvalue weighted by Crippen LogP contribution is -2.52. The van der Waals surface area contributed by atoms with Crippen LogP contribution in [-0.2, 0) is 0 Å². The van der Waals surface area contributed by atoms with Crippen LogP contribution in [0.5, 0.6) is 0 Å². The van der Waals surface area contributed by atoms with Crippen LogP contribution in [0.4, 0.5) is 0 Å². The van der Waals surface area contributed by atoms with Gasteiger partial charge in [-0.2, -0.15) is 5.26 Å². The second-order valence-corrected chi connectivity index (χ2v) is 4.32. The molecule has 3 nitrogen and oxygen atoms in total. The van der Waals surface area contributed by atoms with Gasteiger partial charge >= 0.3 is 0 Å². The van der Waals surface area contributed by atoms with E-state index in [0.717, 1.165) is 19.6 Å². The van der Waals surface area contributed by atoms with Gasteiger partial charge in [-0.3, -0.25) is 0 Å². The van der Waals surface area contributed by atoms with Gasteiger partial charge in [0.1, 0.15) is 0 Å². The van der Waals surface area contributed by atoms with Crippen LogP contribution in [0, 0.1) is 16.9 Å². The number of likely N-dealkylation sites (tertiary alicyclic amines) is 1. The number of rotatable bonds is 3. The molecule has 1 aliphatic heterocycles. The zero-order valence-electron chi connectivity index (χ0n) is 8.17. The Morgan fingerprint density at radius 1 is 1.50 bits per heavy atom. The molecule has 0 aliphatic carbocycles. The van der Waals surface area contributed by atoms with Crippen molar-refractivity contribution in [2.75, 3.05) is 33.7 Å². The van der Waals surface area contributed by atoms with Gasteiger partial charge in [-0.15, -0.1) is 0 Å². The van der Waals surface area contributed by atoms with E-state index in [4.69, 9.17) is 5.26 Å². The lowest BCUT2D eigenvalue weighted by Gasteiger charge is -2.45. The first-order valence-corrected chi connectivity index (χ1v) is 4.35. The van der Waals surface area contributed by atoms with Crippen LogP contribution in [0.1, 0.15) is 13.3 Å². The van der Waals surface area contributed by atoms with Crippen molar-refractivity contribution in [2.24, 2.45) is 5.41 Å². The highest BCUT2D eigenvalue weighted by atomic mass is 15.2. The van der Waals surface area contributed by atoms with E-state index >= 15 is 0 Å². The van der Waals surface area contributed by atoms with Gasteiger partial charge in [0.05, 0.1) is 0 Å². The molecule has 0 amide bonds. The molecular weight excluding hydrogens is 150 g/mol. The third-order valence-electron chi connectivity index (χ3n) is 2.45. The Kier molecular flexibility index (Phi) is 2.58. The van der Waals surface area contributed by atoms with Gasteiger partial charge in [0.2, 0.25) is 0 Å². The van der Waals surface area contributed by atoms with Crippen molar-refractivity contribution in [3.63, 3.8) is 0 Å². The second kappa shape index (κ2) is 3.32. The molecule has 0 unspecified atom stereocenters. The van der Waals surface area contributed by atoms with Crippen LogP contribution in [0.25, 0.3) is 0 Å². The Bertz CT molecular complexity index is 186. The third kappa shape index (κ3) is 2.12.